The molecule has 156 valence electrons. The summed E-state index contributed by atoms with van der Waals surface area (Å²) in [6.07, 6.45) is 2.22. The monoisotopic (exact) mass is 567 g/mol. The Balaban J connectivity index is 0.00000280. The molecule has 2 fully saturated rings. The van der Waals surface area contributed by atoms with Crippen LogP contribution in [0, 0.1) is 5.82 Å². The van der Waals surface area contributed by atoms with Crippen molar-refractivity contribution >= 4 is 51.8 Å². The third kappa shape index (κ3) is 7.14. The van der Waals surface area contributed by atoms with Crippen molar-refractivity contribution in [2.45, 2.75) is 32.4 Å². The van der Waals surface area contributed by atoms with Crippen molar-refractivity contribution in [1.82, 2.24) is 20.4 Å². The molecule has 1 aromatic carbocycles. The van der Waals surface area contributed by atoms with E-state index in [1.54, 1.807) is 6.07 Å². The van der Waals surface area contributed by atoms with E-state index in [0.717, 1.165) is 56.0 Å². The molecule has 1 aliphatic heterocycles. The molecule has 0 atom stereocenters. The van der Waals surface area contributed by atoms with Crippen LogP contribution < -0.4 is 10.6 Å². The lowest BCUT2D eigenvalue weighted by atomic mass is 10.2. The van der Waals surface area contributed by atoms with E-state index < -0.39 is 0 Å². The first kappa shape index (κ1) is 23.3. The highest BCUT2D eigenvalue weighted by Crippen LogP contribution is 2.18. The first-order chi connectivity index (χ1) is 13.0. The highest BCUT2D eigenvalue weighted by molar-refractivity contribution is 14.0. The predicted molar refractivity (Wildman–Crippen MR) is 124 cm³/mol. The Labute approximate surface area is 191 Å². The molecule has 1 heterocycles. The standard InChI is InChI=1S/C19H27BrFN5O.HI/c1-2-22-19(23-12-14-3-4-15(20)11-17(14)21)26-9-7-25(8-10-26)13-18(27)24-16-5-6-16;/h3-4,11,16H,2,5-10,12-13H2,1H3,(H,22,23)(H,24,27);1H. The number of carbonyl (C=O) groups is 1. The van der Waals surface area contributed by atoms with Crippen molar-refractivity contribution in [2.24, 2.45) is 4.99 Å². The molecule has 3 rings (SSSR count). The maximum absolute atomic E-state index is 14.0. The summed E-state index contributed by atoms with van der Waals surface area (Å²) in [5.41, 5.74) is 0.573. The van der Waals surface area contributed by atoms with Crippen LogP contribution in [0.4, 0.5) is 4.39 Å². The maximum atomic E-state index is 14.0. The minimum absolute atomic E-state index is 0. The molecule has 0 spiro atoms. The highest BCUT2D eigenvalue weighted by atomic mass is 127. The predicted octanol–water partition coefficient (Wildman–Crippen LogP) is 2.57. The summed E-state index contributed by atoms with van der Waals surface area (Å²) < 4.78 is 14.7. The Bertz CT molecular complexity index is 693. The fraction of sp³-hybridized carbons (Fsp3) is 0.579. The number of nitrogens with one attached hydrogen (secondary N) is 2. The van der Waals surface area contributed by atoms with E-state index in [4.69, 9.17) is 0 Å². The summed E-state index contributed by atoms with van der Waals surface area (Å²) >= 11 is 3.27. The number of amides is 1. The van der Waals surface area contributed by atoms with Crippen LogP contribution in [0.15, 0.2) is 27.7 Å². The van der Waals surface area contributed by atoms with Crippen LogP contribution in [-0.2, 0) is 11.3 Å². The van der Waals surface area contributed by atoms with Crippen molar-refractivity contribution < 1.29 is 9.18 Å². The van der Waals surface area contributed by atoms with E-state index in [1.165, 1.54) is 6.07 Å². The van der Waals surface area contributed by atoms with E-state index in [9.17, 15) is 9.18 Å². The van der Waals surface area contributed by atoms with Gasteiger partial charge in [0.15, 0.2) is 5.96 Å². The Hall–Kier alpha value is -0.940. The van der Waals surface area contributed by atoms with Crippen LogP contribution in [0.25, 0.3) is 0 Å². The maximum Gasteiger partial charge on any atom is 0.234 e. The van der Waals surface area contributed by atoms with Crippen molar-refractivity contribution in [3.05, 3.63) is 34.1 Å². The molecule has 9 heteroatoms. The number of benzene rings is 1. The zero-order valence-corrected chi connectivity index (χ0v) is 20.0. The zero-order valence-electron chi connectivity index (χ0n) is 16.1. The van der Waals surface area contributed by atoms with Gasteiger partial charge >= 0.3 is 0 Å². The molecule has 1 saturated carbocycles. The van der Waals surface area contributed by atoms with Crippen molar-refractivity contribution in [2.75, 3.05) is 39.3 Å². The van der Waals surface area contributed by atoms with Crippen LogP contribution in [0.1, 0.15) is 25.3 Å². The molecule has 0 aromatic heterocycles. The number of guanidine groups is 1. The van der Waals surface area contributed by atoms with Crippen LogP contribution in [-0.4, -0.2) is 67.0 Å². The smallest absolute Gasteiger partial charge is 0.234 e. The highest BCUT2D eigenvalue weighted by Gasteiger charge is 2.25. The molecule has 6 nitrogen and oxygen atoms in total. The van der Waals surface area contributed by atoms with Gasteiger partial charge in [-0.1, -0.05) is 22.0 Å². The molecule has 2 N–H and O–H groups in total. The largest absolute Gasteiger partial charge is 0.357 e. The normalized spacial score (nSPS) is 17.8. The van der Waals surface area contributed by atoms with Crippen LogP contribution >= 0.6 is 39.9 Å². The van der Waals surface area contributed by atoms with E-state index in [0.29, 0.717) is 24.7 Å². The third-order valence-corrected chi connectivity index (χ3v) is 5.22. The van der Waals surface area contributed by atoms with Gasteiger partial charge in [0, 0.05) is 48.8 Å². The fourth-order valence-corrected chi connectivity index (χ4v) is 3.39. The molecule has 2 aliphatic rings. The fourth-order valence-electron chi connectivity index (χ4n) is 3.06. The van der Waals surface area contributed by atoms with E-state index in [2.05, 4.69) is 41.4 Å². The van der Waals surface area contributed by atoms with Gasteiger partial charge in [-0.25, -0.2) is 9.38 Å². The summed E-state index contributed by atoms with van der Waals surface area (Å²) in [6.45, 7) is 6.76. The summed E-state index contributed by atoms with van der Waals surface area (Å²) in [7, 11) is 0. The number of hydrogen-bond acceptors (Lipinski definition) is 3. The minimum Gasteiger partial charge on any atom is -0.357 e. The van der Waals surface area contributed by atoms with E-state index in [1.807, 2.05) is 13.0 Å². The van der Waals surface area contributed by atoms with Crippen molar-refractivity contribution in [1.29, 1.82) is 0 Å². The first-order valence-corrected chi connectivity index (χ1v) is 10.3. The van der Waals surface area contributed by atoms with Gasteiger partial charge in [-0.05, 0) is 31.9 Å². The number of hydrogen-bond donors (Lipinski definition) is 2. The Morgan fingerprint density at radius 1 is 1.29 bits per heavy atom. The lowest BCUT2D eigenvalue weighted by Crippen LogP contribution is -2.54. The summed E-state index contributed by atoms with van der Waals surface area (Å²) in [4.78, 5) is 20.9. The van der Waals surface area contributed by atoms with Crippen LogP contribution in [0.5, 0.6) is 0 Å². The molecule has 1 aromatic rings. The lowest BCUT2D eigenvalue weighted by molar-refractivity contribution is -0.122. The molecule has 1 amide bonds. The van der Waals surface area contributed by atoms with Gasteiger partial charge < -0.3 is 15.5 Å². The molecule has 0 bridgehead atoms. The first-order valence-electron chi connectivity index (χ1n) is 9.54. The molecule has 1 saturated heterocycles. The van der Waals surface area contributed by atoms with E-state index >= 15 is 0 Å². The summed E-state index contributed by atoms with van der Waals surface area (Å²) in [6, 6.07) is 5.45. The number of carbonyl (C=O) groups excluding carboxylic acids is 1. The number of aliphatic imine (C=N–C) groups is 1. The second-order valence-electron chi connectivity index (χ2n) is 7.01. The quantitative estimate of drug-likeness (QED) is 0.315. The zero-order chi connectivity index (χ0) is 19.2. The molecule has 1 aliphatic carbocycles. The Kier molecular flexibility index (Phi) is 9.42. The number of piperazine rings is 1. The molecule has 28 heavy (non-hydrogen) atoms. The molecular formula is C19H28BrFIN5O. The van der Waals surface area contributed by atoms with Crippen LogP contribution in [0.2, 0.25) is 0 Å². The van der Waals surface area contributed by atoms with Gasteiger partial charge in [0.25, 0.3) is 0 Å². The van der Waals surface area contributed by atoms with Crippen LogP contribution in [0.3, 0.4) is 0 Å². The van der Waals surface area contributed by atoms with Crippen molar-refractivity contribution in [3.8, 4) is 0 Å². The molecule has 0 unspecified atom stereocenters. The van der Waals surface area contributed by atoms with Gasteiger partial charge in [-0.2, -0.15) is 0 Å². The Morgan fingerprint density at radius 3 is 2.61 bits per heavy atom. The van der Waals surface area contributed by atoms with E-state index in [-0.39, 0.29) is 35.7 Å². The second-order valence-corrected chi connectivity index (χ2v) is 7.93. The molecular weight excluding hydrogens is 540 g/mol. The second kappa shape index (κ2) is 11.3. The average Bonchev–Trinajstić information content (AvgIpc) is 3.44. The minimum atomic E-state index is -0.254. The topological polar surface area (TPSA) is 60.0 Å². The van der Waals surface area contributed by atoms with Gasteiger partial charge in [0.2, 0.25) is 5.91 Å². The number of nitrogens with zero attached hydrogens (tertiary/aromatic N) is 3. The van der Waals surface area contributed by atoms with Gasteiger partial charge in [-0.15, -0.1) is 24.0 Å². The van der Waals surface area contributed by atoms with Crippen molar-refractivity contribution in [3.63, 3.8) is 0 Å². The average molecular weight is 568 g/mol. The van der Waals surface area contributed by atoms with Gasteiger partial charge in [0.05, 0.1) is 13.1 Å². The molecule has 0 radical (unpaired) electrons. The number of halogens is 3. The van der Waals surface area contributed by atoms with Gasteiger partial charge in [0.1, 0.15) is 5.82 Å². The third-order valence-electron chi connectivity index (χ3n) is 4.73. The van der Waals surface area contributed by atoms with Gasteiger partial charge in [-0.3, -0.25) is 9.69 Å². The summed E-state index contributed by atoms with van der Waals surface area (Å²) in [5, 5.41) is 6.32. The SMILES string of the molecule is CCNC(=NCc1ccc(Br)cc1F)N1CCN(CC(=O)NC2CC2)CC1.I. The summed E-state index contributed by atoms with van der Waals surface area (Å²) in [5.74, 6) is 0.662. The lowest BCUT2D eigenvalue weighted by Gasteiger charge is -2.36. The Morgan fingerprint density at radius 2 is 2.00 bits per heavy atom. The number of rotatable bonds is 6.